The van der Waals surface area contributed by atoms with Gasteiger partial charge in [-0.25, -0.2) is 4.79 Å². The Morgan fingerprint density at radius 1 is 1.07 bits per heavy atom. The molecule has 1 aliphatic heterocycles. The van der Waals surface area contributed by atoms with Crippen molar-refractivity contribution in [3.05, 3.63) is 70.4 Å². The van der Waals surface area contributed by atoms with Gasteiger partial charge in [0.2, 0.25) is 0 Å². The van der Waals surface area contributed by atoms with Crippen LogP contribution in [0.3, 0.4) is 0 Å². The van der Waals surface area contributed by atoms with Crippen LogP contribution in [0.1, 0.15) is 47.5 Å². The first-order valence-electron chi connectivity index (χ1n) is 9.66. The van der Waals surface area contributed by atoms with E-state index in [0.29, 0.717) is 6.54 Å². The molecule has 2 aliphatic rings. The van der Waals surface area contributed by atoms with E-state index in [2.05, 4.69) is 35.1 Å². The fraction of sp³-hybridized carbons (Fsp3) is 0.318. The molecule has 0 saturated carbocycles. The molecule has 1 N–H and O–H groups in total. The van der Waals surface area contributed by atoms with Crippen molar-refractivity contribution in [1.82, 2.24) is 9.47 Å². The molecule has 2 amide bonds. The minimum Gasteiger partial charge on any atom is -0.312 e. The third-order valence-electron chi connectivity index (χ3n) is 5.77. The zero-order chi connectivity index (χ0) is 18.4. The molecule has 4 nitrogen and oxygen atoms in total. The number of nitrogens with one attached hydrogen (secondary N) is 1. The molecule has 1 aromatic carbocycles. The van der Waals surface area contributed by atoms with Crippen LogP contribution >= 0.6 is 11.3 Å². The molecule has 3 aromatic rings. The standard InChI is InChI=1S/C22H23N3OS/c1-15-19-11-7-13-24(19)21-18(17-10-5-6-12-20(17)27-21)14-25(15)22(26)23-16-8-3-2-4-9-16/h2-4,7-9,11,13,15H,5-6,10,12,14H2,1H3,(H,23,26). The topological polar surface area (TPSA) is 37.3 Å². The Balaban J connectivity index is 1.56. The molecule has 138 valence electrons. The number of carbonyl (C=O) groups is 1. The van der Waals surface area contributed by atoms with Gasteiger partial charge in [0.1, 0.15) is 5.00 Å². The number of aromatic nitrogens is 1. The van der Waals surface area contributed by atoms with Gasteiger partial charge in [-0.05, 0) is 62.4 Å². The number of benzene rings is 1. The van der Waals surface area contributed by atoms with E-state index in [1.54, 1.807) is 0 Å². The average Bonchev–Trinajstić information content (AvgIpc) is 3.28. The number of anilines is 1. The molecule has 0 spiro atoms. The fourth-order valence-corrected chi connectivity index (χ4v) is 5.73. The van der Waals surface area contributed by atoms with Crippen molar-refractivity contribution < 1.29 is 4.79 Å². The summed E-state index contributed by atoms with van der Waals surface area (Å²) in [6.07, 6.45) is 6.99. The number of hydrogen-bond donors (Lipinski definition) is 1. The summed E-state index contributed by atoms with van der Waals surface area (Å²) in [7, 11) is 0. The van der Waals surface area contributed by atoms with E-state index in [1.807, 2.05) is 46.6 Å². The zero-order valence-electron chi connectivity index (χ0n) is 15.4. The summed E-state index contributed by atoms with van der Waals surface area (Å²) in [6, 6.07) is 13.9. The molecule has 5 rings (SSSR count). The number of amides is 2. The molecular weight excluding hydrogens is 354 g/mol. The Morgan fingerprint density at radius 3 is 2.74 bits per heavy atom. The van der Waals surface area contributed by atoms with Gasteiger partial charge in [-0.2, -0.15) is 0 Å². The number of aryl methyl sites for hydroxylation is 1. The summed E-state index contributed by atoms with van der Waals surface area (Å²) in [6.45, 7) is 2.79. The van der Waals surface area contributed by atoms with Gasteiger partial charge in [0.05, 0.1) is 12.6 Å². The van der Waals surface area contributed by atoms with Gasteiger partial charge in [0.25, 0.3) is 0 Å². The number of carbonyl (C=O) groups excluding carboxylic acids is 1. The second-order valence-corrected chi connectivity index (χ2v) is 8.48. The van der Waals surface area contributed by atoms with Gasteiger partial charge in [-0.15, -0.1) is 11.3 Å². The SMILES string of the molecule is CC1c2cccn2-c2sc3c(c2CN1C(=O)Nc1ccccc1)CCCC3. The van der Waals surface area contributed by atoms with Crippen LogP contribution in [0.25, 0.3) is 5.00 Å². The Hall–Kier alpha value is -2.53. The second kappa shape index (κ2) is 6.57. The van der Waals surface area contributed by atoms with Crippen molar-refractivity contribution in [2.45, 2.75) is 45.2 Å². The van der Waals surface area contributed by atoms with Crippen molar-refractivity contribution >= 4 is 23.1 Å². The number of urea groups is 1. The summed E-state index contributed by atoms with van der Waals surface area (Å²) in [5, 5.41) is 4.39. The van der Waals surface area contributed by atoms with E-state index in [9.17, 15) is 4.79 Å². The lowest BCUT2D eigenvalue weighted by Crippen LogP contribution is -2.36. The molecule has 3 heterocycles. The molecule has 0 saturated heterocycles. The second-order valence-electron chi connectivity index (χ2n) is 7.40. The van der Waals surface area contributed by atoms with Gasteiger partial charge in [0.15, 0.2) is 0 Å². The number of rotatable bonds is 1. The molecule has 1 unspecified atom stereocenters. The van der Waals surface area contributed by atoms with Crippen molar-refractivity contribution in [2.24, 2.45) is 0 Å². The molecule has 0 fully saturated rings. The number of nitrogens with zero attached hydrogens (tertiary/aromatic N) is 2. The predicted molar refractivity (Wildman–Crippen MR) is 110 cm³/mol. The predicted octanol–water partition coefficient (Wildman–Crippen LogP) is 5.53. The van der Waals surface area contributed by atoms with Crippen LogP contribution in [0.5, 0.6) is 0 Å². The molecule has 1 aliphatic carbocycles. The summed E-state index contributed by atoms with van der Waals surface area (Å²) >= 11 is 1.92. The highest BCUT2D eigenvalue weighted by molar-refractivity contribution is 7.15. The van der Waals surface area contributed by atoms with E-state index in [4.69, 9.17) is 0 Å². The van der Waals surface area contributed by atoms with E-state index >= 15 is 0 Å². The zero-order valence-corrected chi connectivity index (χ0v) is 16.3. The summed E-state index contributed by atoms with van der Waals surface area (Å²) in [4.78, 5) is 16.7. The molecule has 0 radical (unpaired) electrons. The highest BCUT2D eigenvalue weighted by Gasteiger charge is 2.32. The minimum atomic E-state index is -0.0370. The first-order valence-corrected chi connectivity index (χ1v) is 10.5. The Bertz CT molecular complexity index is 988. The number of thiophene rings is 1. The first-order chi connectivity index (χ1) is 13.2. The van der Waals surface area contributed by atoms with Crippen LogP contribution < -0.4 is 5.32 Å². The lowest BCUT2D eigenvalue weighted by Gasteiger charge is -2.28. The third kappa shape index (κ3) is 2.77. The lowest BCUT2D eigenvalue weighted by atomic mass is 9.95. The monoisotopic (exact) mass is 377 g/mol. The molecular formula is C22H23N3OS. The molecule has 2 aromatic heterocycles. The largest absolute Gasteiger partial charge is 0.322 e. The summed E-state index contributed by atoms with van der Waals surface area (Å²) < 4.78 is 2.30. The van der Waals surface area contributed by atoms with Crippen LogP contribution in [-0.2, 0) is 19.4 Å². The molecule has 27 heavy (non-hydrogen) atoms. The Kier molecular flexibility index (Phi) is 4.05. The highest BCUT2D eigenvalue weighted by Crippen LogP contribution is 2.42. The van der Waals surface area contributed by atoms with Crippen molar-refractivity contribution in [2.75, 3.05) is 5.32 Å². The van der Waals surface area contributed by atoms with Crippen molar-refractivity contribution in [3.8, 4) is 5.00 Å². The van der Waals surface area contributed by atoms with Crippen molar-refractivity contribution in [1.29, 1.82) is 0 Å². The quantitative estimate of drug-likeness (QED) is 0.595. The van der Waals surface area contributed by atoms with Crippen LogP contribution in [-0.4, -0.2) is 15.5 Å². The molecule has 5 heteroatoms. The van der Waals surface area contributed by atoms with Crippen LogP contribution in [0.2, 0.25) is 0 Å². The van der Waals surface area contributed by atoms with Gasteiger partial charge in [-0.3, -0.25) is 0 Å². The smallest absolute Gasteiger partial charge is 0.312 e. The van der Waals surface area contributed by atoms with E-state index in [1.165, 1.54) is 46.0 Å². The van der Waals surface area contributed by atoms with Gasteiger partial charge >= 0.3 is 6.03 Å². The minimum absolute atomic E-state index is 0.0163. The maximum atomic E-state index is 13.2. The fourth-order valence-electron chi connectivity index (χ4n) is 4.33. The number of para-hydroxylation sites is 1. The first kappa shape index (κ1) is 16.6. The van der Waals surface area contributed by atoms with Crippen LogP contribution in [0.4, 0.5) is 10.5 Å². The Labute approximate surface area is 163 Å². The maximum absolute atomic E-state index is 13.2. The highest BCUT2D eigenvalue weighted by atomic mass is 32.1. The lowest BCUT2D eigenvalue weighted by molar-refractivity contribution is 0.189. The molecule has 1 atom stereocenters. The van der Waals surface area contributed by atoms with E-state index in [0.717, 1.165) is 12.1 Å². The van der Waals surface area contributed by atoms with Crippen LogP contribution in [0, 0.1) is 0 Å². The third-order valence-corrected chi connectivity index (χ3v) is 7.10. The van der Waals surface area contributed by atoms with E-state index in [-0.39, 0.29) is 12.1 Å². The normalized spacial score (nSPS) is 18.3. The maximum Gasteiger partial charge on any atom is 0.322 e. The Morgan fingerprint density at radius 2 is 1.89 bits per heavy atom. The van der Waals surface area contributed by atoms with Crippen molar-refractivity contribution in [3.63, 3.8) is 0 Å². The molecule has 0 bridgehead atoms. The van der Waals surface area contributed by atoms with Gasteiger partial charge in [0, 0.05) is 28.0 Å². The van der Waals surface area contributed by atoms with Gasteiger partial charge in [-0.1, -0.05) is 18.2 Å². The number of fused-ring (bicyclic) bond motifs is 5. The van der Waals surface area contributed by atoms with E-state index < -0.39 is 0 Å². The summed E-state index contributed by atoms with van der Waals surface area (Å²) in [5.74, 6) is 0. The van der Waals surface area contributed by atoms with Crippen LogP contribution in [0.15, 0.2) is 48.7 Å². The average molecular weight is 378 g/mol. The summed E-state index contributed by atoms with van der Waals surface area (Å²) in [5.41, 5.74) is 4.85. The number of hydrogen-bond acceptors (Lipinski definition) is 2. The van der Waals surface area contributed by atoms with Gasteiger partial charge < -0.3 is 14.8 Å².